The lowest BCUT2D eigenvalue weighted by Gasteiger charge is -2.05. The Bertz CT molecular complexity index is 839. The van der Waals surface area contributed by atoms with Crippen molar-refractivity contribution in [2.24, 2.45) is 0 Å². The molecule has 24 heavy (non-hydrogen) atoms. The molecule has 0 unspecified atom stereocenters. The molecular formula is C16H18N2O4S2. The Hall–Kier alpha value is -2.19. The molecular weight excluding hydrogens is 348 g/mol. The van der Waals surface area contributed by atoms with E-state index in [2.05, 4.69) is 10.6 Å². The molecule has 6 nitrogen and oxygen atoms in total. The zero-order valence-corrected chi connectivity index (χ0v) is 15.0. The van der Waals surface area contributed by atoms with Gasteiger partial charge in [-0.25, -0.2) is 8.42 Å². The van der Waals surface area contributed by atoms with E-state index >= 15 is 0 Å². The number of hydrogen-bond donors (Lipinski definition) is 2. The maximum Gasteiger partial charge on any atom is 0.261 e. The molecule has 2 rings (SSSR count). The highest BCUT2D eigenvalue weighted by Crippen LogP contribution is 2.16. The van der Waals surface area contributed by atoms with Gasteiger partial charge in [0.25, 0.3) is 5.91 Å². The summed E-state index contributed by atoms with van der Waals surface area (Å²) in [6.45, 7) is 2.15. The molecule has 0 saturated carbocycles. The number of carbonyl (C=O) groups is 2. The number of carbonyl (C=O) groups excluding carboxylic acids is 2. The van der Waals surface area contributed by atoms with Gasteiger partial charge in [-0.3, -0.25) is 9.59 Å². The van der Waals surface area contributed by atoms with Crippen LogP contribution in [0.1, 0.15) is 27.0 Å². The summed E-state index contributed by atoms with van der Waals surface area (Å²) in [5.41, 5.74) is 0.811. The molecule has 0 atom stereocenters. The second-order valence-corrected chi connectivity index (χ2v) is 8.46. The van der Waals surface area contributed by atoms with Gasteiger partial charge in [-0.2, -0.15) is 0 Å². The second-order valence-electron chi connectivity index (χ2n) is 5.27. The highest BCUT2D eigenvalue weighted by molar-refractivity contribution is 7.90. The van der Waals surface area contributed by atoms with E-state index in [1.807, 2.05) is 0 Å². The Morgan fingerprint density at radius 1 is 1.00 bits per heavy atom. The zero-order chi connectivity index (χ0) is 17.7. The Labute approximate surface area is 144 Å². The third-order valence-corrected chi connectivity index (χ3v) is 5.41. The van der Waals surface area contributed by atoms with Crippen molar-refractivity contribution in [1.82, 2.24) is 10.6 Å². The number of thiophene rings is 1. The van der Waals surface area contributed by atoms with Gasteiger partial charge in [0, 0.05) is 24.6 Å². The number of rotatable bonds is 6. The SMILES string of the molecule is CC(=O)NCc1ccc(C(=O)NCc2ccc(S(C)(=O)=O)cc2)s1. The van der Waals surface area contributed by atoms with E-state index in [1.54, 1.807) is 24.3 Å². The lowest BCUT2D eigenvalue weighted by Crippen LogP contribution is -2.21. The van der Waals surface area contributed by atoms with Crippen LogP contribution in [0.25, 0.3) is 0 Å². The van der Waals surface area contributed by atoms with Crippen molar-refractivity contribution in [1.29, 1.82) is 0 Å². The molecule has 0 radical (unpaired) electrons. The van der Waals surface area contributed by atoms with Crippen LogP contribution >= 0.6 is 11.3 Å². The van der Waals surface area contributed by atoms with Crippen molar-refractivity contribution in [3.8, 4) is 0 Å². The first-order chi connectivity index (χ1) is 11.3. The van der Waals surface area contributed by atoms with Crippen LogP contribution in [0.2, 0.25) is 0 Å². The summed E-state index contributed by atoms with van der Waals surface area (Å²) in [4.78, 5) is 24.7. The highest BCUT2D eigenvalue weighted by atomic mass is 32.2. The minimum Gasteiger partial charge on any atom is -0.351 e. The van der Waals surface area contributed by atoms with E-state index < -0.39 is 9.84 Å². The fraction of sp³-hybridized carbons (Fsp3) is 0.250. The van der Waals surface area contributed by atoms with Gasteiger partial charge in [0.15, 0.2) is 9.84 Å². The molecule has 0 aliphatic carbocycles. The van der Waals surface area contributed by atoms with E-state index in [9.17, 15) is 18.0 Å². The maximum atomic E-state index is 12.1. The number of benzene rings is 1. The monoisotopic (exact) mass is 366 g/mol. The minimum atomic E-state index is -3.22. The van der Waals surface area contributed by atoms with Crippen LogP contribution in [-0.4, -0.2) is 26.5 Å². The lowest BCUT2D eigenvalue weighted by atomic mass is 10.2. The van der Waals surface area contributed by atoms with Crippen LogP contribution < -0.4 is 10.6 Å². The van der Waals surface area contributed by atoms with Gasteiger partial charge in [0.1, 0.15) is 0 Å². The highest BCUT2D eigenvalue weighted by Gasteiger charge is 2.10. The van der Waals surface area contributed by atoms with E-state index in [4.69, 9.17) is 0 Å². The fourth-order valence-electron chi connectivity index (χ4n) is 1.93. The van der Waals surface area contributed by atoms with E-state index in [0.29, 0.717) is 18.0 Å². The first-order valence-electron chi connectivity index (χ1n) is 7.16. The quantitative estimate of drug-likeness (QED) is 0.814. The van der Waals surface area contributed by atoms with Gasteiger partial charge in [0.05, 0.1) is 16.3 Å². The molecule has 128 valence electrons. The molecule has 1 heterocycles. The van der Waals surface area contributed by atoms with Gasteiger partial charge < -0.3 is 10.6 Å². The Morgan fingerprint density at radius 2 is 1.67 bits per heavy atom. The van der Waals surface area contributed by atoms with Gasteiger partial charge in [-0.1, -0.05) is 12.1 Å². The number of hydrogen-bond acceptors (Lipinski definition) is 5. The van der Waals surface area contributed by atoms with Crippen molar-refractivity contribution in [2.75, 3.05) is 6.26 Å². The second kappa shape index (κ2) is 7.59. The molecule has 1 aromatic carbocycles. The third-order valence-electron chi connectivity index (χ3n) is 3.20. The molecule has 0 aliphatic heterocycles. The van der Waals surface area contributed by atoms with Crippen LogP contribution in [0.5, 0.6) is 0 Å². The van der Waals surface area contributed by atoms with E-state index in [1.165, 1.54) is 30.4 Å². The molecule has 0 bridgehead atoms. The molecule has 0 aliphatic rings. The first-order valence-corrected chi connectivity index (χ1v) is 9.87. The summed E-state index contributed by atoms with van der Waals surface area (Å²) in [5, 5.41) is 5.47. The molecule has 0 saturated heterocycles. The largest absolute Gasteiger partial charge is 0.351 e. The summed E-state index contributed by atoms with van der Waals surface area (Å²) >= 11 is 1.32. The Kier molecular flexibility index (Phi) is 5.74. The van der Waals surface area contributed by atoms with Crippen LogP contribution in [0.15, 0.2) is 41.3 Å². The average Bonchev–Trinajstić information content (AvgIpc) is 2.99. The topological polar surface area (TPSA) is 92.3 Å². The molecule has 0 spiro atoms. The number of amides is 2. The smallest absolute Gasteiger partial charge is 0.261 e. The molecule has 8 heteroatoms. The van der Waals surface area contributed by atoms with E-state index in [0.717, 1.165) is 16.7 Å². The van der Waals surface area contributed by atoms with Crippen molar-refractivity contribution >= 4 is 33.0 Å². The van der Waals surface area contributed by atoms with Gasteiger partial charge in [-0.05, 0) is 29.8 Å². The van der Waals surface area contributed by atoms with Crippen LogP contribution in [0.4, 0.5) is 0 Å². The van der Waals surface area contributed by atoms with Crippen LogP contribution in [0.3, 0.4) is 0 Å². The fourth-order valence-corrected chi connectivity index (χ4v) is 3.42. The average molecular weight is 366 g/mol. The predicted octanol–water partition coefficient (Wildman–Crippen LogP) is 1.72. The molecule has 1 aromatic heterocycles. The van der Waals surface area contributed by atoms with E-state index in [-0.39, 0.29) is 16.7 Å². The molecule has 2 N–H and O–H groups in total. The normalized spacial score (nSPS) is 11.1. The van der Waals surface area contributed by atoms with Crippen LogP contribution in [-0.2, 0) is 27.7 Å². The minimum absolute atomic E-state index is 0.119. The number of nitrogens with one attached hydrogen (secondary N) is 2. The molecule has 0 fully saturated rings. The summed E-state index contributed by atoms with van der Waals surface area (Å²) in [7, 11) is -3.22. The van der Waals surface area contributed by atoms with Crippen molar-refractivity contribution in [2.45, 2.75) is 24.9 Å². The molecule has 2 aromatic rings. The maximum absolute atomic E-state index is 12.1. The first kappa shape index (κ1) is 18.2. The zero-order valence-electron chi connectivity index (χ0n) is 13.3. The molecule has 2 amide bonds. The Morgan fingerprint density at radius 3 is 2.25 bits per heavy atom. The van der Waals surface area contributed by atoms with Gasteiger partial charge in [0.2, 0.25) is 5.91 Å². The van der Waals surface area contributed by atoms with Crippen molar-refractivity contribution in [3.63, 3.8) is 0 Å². The standard InChI is InChI=1S/C16H18N2O4S2/c1-11(19)17-10-13-5-8-15(23-13)16(20)18-9-12-3-6-14(7-4-12)24(2,21)22/h3-8H,9-10H2,1-2H3,(H,17,19)(H,18,20). The van der Waals surface area contributed by atoms with Crippen molar-refractivity contribution in [3.05, 3.63) is 51.7 Å². The predicted molar refractivity (Wildman–Crippen MR) is 92.6 cm³/mol. The summed E-state index contributed by atoms with van der Waals surface area (Å²) in [5.74, 6) is -0.326. The summed E-state index contributed by atoms with van der Waals surface area (Å²) in [6.07, 6.45) is 1.15. The van der Waals surface area contributed by atoms with Crippen LogP contribution in [0, 0.1) is 0 Å². The van der Waals surface area contributed by atoms with Gasteiger partial charge in [-0.15, -0.1) is 11.3 Å². The Balaban J connectivity index is 1.92. The third kappa shape index (κ3) is 5.17. The summed E-state index contributed by atoms with van der Waals surface area (Å²) < 4.78 is 22.8. The lowest BCUT2D eigenvalue weighted by molar-refractivity contribution is -0.119. The van der Waals surface area contributed by atoms with Gasteiger partial charge >= 0.3 is 0 Å². The number of sulfone groups is 1. The van der Waals surface area contributed by atoms with Crippen molar-refractivity contribution < 1.29 is 18.0 Å². The summed E-state index contributed by atoms with van der Waals surface area (Å²) in [6, 6.07) is 9.90.